The van der Waals surface area contributed by atoms with Crippen molar-refractivity contribution in [1.29, 1.82) is 0 Å². The molecular weight excluding hydrogens is 268 g/mol. The molecule has 0 saturated carbocycles. The Hall–Kier alpha value is -2.82. The number of para-hydroxylation sites is 1. The summed E-state index contributed by atoms with van der Waals surface area (Å²) in [5, 5.41) is 13.1. The molecule has 5 heteroatoms. The lowest BCUT2D eigenvalue weighted by Gasteiger charge is -2.03. The highest BCUT2D eigenvalue weighted by Gasteiger charge is 2.02. The summed E-state index contributed by atoms with van der Waals surface area (Å²) in [7, 11) is 1.58. The van der Waals surface area contributed by atoms with E-state index in [1.807, 2.05) is 24.3 Å². The minimum absolute atomic E-state index is 0.174. The third kappa shape index (κ3) is 4.35. The topological polar surface area (TPSA) is 70.9 Å². The third-order valence-electron chi connectivity index (χ3n) is 2.83. The van der Waals surface area contributed by atoms with Crippen LogP contribution in [0.2, 0.25) is 0 Å². The number of ether oxygens (including phenoxy) is 1. The van der Waals surface area contributed by atoms with Gasteiger partial charge in [-0.25, -0.2) is 5.43 Å². The molecule has 2 rings (SSSR count). The summed E-state index contributed by atoms with van der Waals surface area (Å²) >= 11 is 0. The van der Waals surface area contributed by atoms with Gasteiger partial charge in [-0.1, -0.05) is 24.3 Å². The molecule has 108 valence electrons. The number of phenols is 1. The number of hydrazone groups is 1. The van der Waals surface area contributed by atoms with Gasteiger partial charge in [0, 0.05) is 5.56 Å². The second kappa shape index (κ2) is 7.09. The van der Waals surface area contributed by atoms with Gasteiger partial charge in [0.05, 0.1) is 19.7 Å². The Labute approximate surface area is 122 Å². The largest absolute Gasteiger partial charge is 0.508 e. The van der Waals surface area contributed by atoms with Crippen molar-refractivity contribution in [2.45, 2.75) is 6.42 Å². The van der Waals surface area contributed by atoms with Crippen molar-refractivity contribution in [2.24, 2.45) is 5.10 Å². The van der Waals surface area contributed by atoms with Crippen molar-refractivity contribution in [2.75, 3.05) is 7.11 Å². The van der Waals surface area contributed by atoms with E-state index in [0.717, 1.165) is 11.1 Å². The monoisotopic (exact) mass is 284 g/mol. The Morgan fingerprint density at radius 1 is 1.24 bits per heavy atom. The van der Waals surface area contributed by atoms with E-state index < -0.39 is 0 Å². The molecule has 0 aliphatic carbocycles. The molecular formula is C16H16N2O3. The van der Waals surface area contributed by atoms with Crippen LogP contribution in [0.4, 0.5) is 0 Å². The first-order chi connectivity index (χ1) is 10.2. The van der Waals surface area contributed by atoms with Crippen LogP contribution in [0.1, 0.15) is 11.1 Å². The Balaban J connectivity index is 1.91. The van der Waals surface area contributed by atoms with Crippen LogP contribution in [0.3, 0.4) is 0 Å². The fourth-order valence-electron chi connectivity index (χ4n) is 1.79. The summed E-state index contributed by atoms with van der Waals surface area (Å²) < 4.78 is 5.18. The summed E-state index contributed by atoms with van der Waals surface area (Å²) in [5.41, 5.74) is 4.04. The zero-order valence-electron chi connectivity index (χ0n) is 11.6. The van der Waals surface area contributed by atoms with Crippen molar-refractivity contribution < 1.29 is 14.6 Å². The maximum atomic E-state index is 11.7. The number of hydrogen-bond acceptors (Lipinski definition) is 4. The zero-order chi connectivity index (χ0) is 15.1. The number of benzene rings is 2. The van der Waals surface area contributed by atoms with Crippen molar-refractivity contribution in [1.82, 2.24) is 5.43 Å². The quantitative estimate of drug-likeness (QED) is 0.652. The van der Waals surface area contributed by atoms with Crippen LogP contribution in [0.5, 0.6) is 11.5 Å². The maximum absolute atomic E-state index is 11.7. The van der Waals surface area contributed by atoms with Gasteiger partial charge >= 0.3 is 0 Å². The van der Waals surface area contributed by atoms with E-state index in [9.17, 15) is 9.90 Å². The molecule has 21 heavy (non-hydrogen) atoms. The van der Waals surface area contributed by atoms with E-state index in [-0.39, 0.29) is 18.1 Å². The van der Waals surface area contributed by atoms with Gasteiger partial charge in [0.1, 0.15) is 11.5 Å². The number of nitrogens with one attached hydrogen (secondary N) is 1. The lowest BCUT2D eigenvalue weighted by atomic mass is 10.1. The van der Waals surface area contributed by atoms with Gasteiger partial charge in [-0.2, -0.15) is 5.10 Å². The molecule has 0 aliphatic heterocycles. The molecule has 0 bridgehead atoms. The molecule has 2 aromatic carbocycles. The van der Waals surface area contributed by atoms with Gasteiger partial charge in [0.2, 0.25) is 5.91 Å². The number of hydrogen-bond donors (Lipinski definition) is 2. The lowest BCUT2D eigenvalue weighted by molar-refractivity contribution is -0.120. The molecule has 0 saturated heterocycles. The number of methoxy groups -OCH3 is 1. The molecule has 0 aliphatic rings. The second-order valence-electron chi connectivity index (χ2n) is 4.38. The molecule has 0 atom stereocenters. The van der Waals surface area contributed by atoms with Crippen LogP contribution in [0, 0.1) is 0 Å². The number of phenolic OH excluding ortho intramolecular Hbond substituents is 1. The standard InChI is InChI=1S/C16H16N2O3/c1-21-15-5-3-2-4-13(15)11-17-18-16(20)10-12-6-8-14(19)9-7-12/h2-9,11,19H,10H2,1H3,(H,18,20)/b17-11-. The van der Waals surface area contributed by atoms with Gasteiger partial charge < -0.3 is 9.84 Å². The molecule has 0 fully saturated rings. The summed E-state index contributed by atoms with van der Waals surface area (Å²) in [6, 6.07) is 13.9. The first-order valence-corrected chi connectivity index (χ1v) is 6.42. The molecule has 2 N–H and O–H groups in total. The average Bonchev–Trinajstić information content (AvgIpc) is 2.50. The third-order valence-corrected chi connectivity index (χ3v) is 2.83. The zero-order valence-corrected chi connectivity index (χ0v) is 11.6. The molecule has 0 spiro atoms. The van der Waals surface area contributed by atoms with E-state index in [1.54, 1.807) is 31.4 Å². The van der Waals surface area contributed by atoms with E-state index in [1.165, 1.54) is 6.21 Å². The number of carbonyl (C=O) groups is 1. The molecule has 1 amide bonds. The molecule has 5 nitrogen and oxygen atoms in total. The molecule has 0 radical (unpaired) electrons. The van der Waals surface area contributed by atoms with Gasteiger partial charge in [0.25, 0.3) is 0 Å². The Bertz CT molecular complexity index is 636. The lowest BCUT2D eigenvalue weighted by Crippen LogP contribution is -2.19. The Morgan fingerprint density at radius 3 is 2.67 bits per heavy atom. The maximum Gasteiger partial charge on any atom is 0.244 e. The van der Waals surface area contributed by atoms with Crippen molar-refractivity contribution >= 4 is 12.1 Å². The summed E-state index contributed by atoms with van der Waals surface area (Å²) in [4.78, 5) is 11.7. The molecule has 0 heterocycles. The Morgan fingerprint density at radius 2 is 1.95 bits per heavy atom. The van der Waals surface area contributed by atoms with E-state index in [0.29, 0.717) is 5.75 Å². The predicted molar refractivity (Wildman–Crippen MR) is 80.5 cm³/mol. The van der Waals surface area contributed by atoms with Crippen LogP contribution >= 0.6 is 0 Å². The average molecular weight is 284 g/mol. The van der Waals surface area contributed by atoms with Crippen LogP contribution in [0.15, 0.2) is 53.6 Å². The summed E-state index contributed by atoms with van der Waals surface area (Å²) in [6.45, 7) is 0. The fourth-order valence-corrected chi connectivity index (χ4v) is 1.79. The normalized spacial score (nSPS) is 10.5. The fraction of sp³-hybridized carbons (Fsp3) is 0.125. The highest BCUT2D eigenvalue weighted by molar-refractivity contribution is 5.85. The first kappa shape index (κ1) is 14.6. The van der Waals surface area contributed by atoms with Gasteiger partial charge in [0.15, 0.2) is 0 Å². The molecule has 2 aromatic rings. The number of aromatic hydroxyl groups is 1. The molecule has 0 aromatic heterocycles. The van der Waals surface area contributed by atoms with Gasteiger partial charge in [-0.15, -0.1) is 0 Å². The highest BCUT2D eigenvalue weighted by atomic mass is 16.5. The van der Waals surface area contributed by atoms with Crippen LogP contribution < -0.4 is 10.2 Å². The first-order valence-electron chi connectivity index (χ1n) is 6.42. The minimum Gasteiger partial charge on any atom is -0.508 e. The number of carbonyl (C=O) groups excluding carboxylic acids is 1. The summed E-state index contributed by atoms with van der Waals surface area (Å²) in [6.07, 6.45) is 1.73. The van der Waals surface area contributed by atoms with Crippen LogP contribution in [-0.4, -0.2) is 24.3 Å². The number of rotatable bonds is 5. The highest BCUT2D eigenvalue weighted by Crippen LogP contribution is 2.14. The number of amides is 1. The predicted octanol–water partition coefficient (Wildman–Crippen LogP) is 2.09. The van der Waals surface area contributed by atoms with Crippen LogP contribution in [0.25, 0.3) is 0 Å². The summed E-state index contributed by atoms with van der Waals surface area (Å²) in [5.74, 6) is 0.634. The molecule has 0 unspecified atom stereocenters. The van der Waals surface area contributed by atoms with E-state index >= 15 is 0 Å². The number of nitrogens with zero attached hydrogens (tertiary/aromatic N) is 1. The Kier molecular flexibility index (Phi) is 4.93. The smallest absolute Gasteiger partial charge is 0.244 e. The van der Waals surface area contributed by atoms with Crippen LogP contribution in [-0.2, 0) is 11.2 Å². The van der Waals surface area contributed by atoms with Crippen molar-refractivity contribution in [3.05, 3.63) is 59.7 Å². The minimum atomic E-state index is -0.230. The van der Waals surface area contributed by atoms with E-state index in [2.05, 4.69) is 10.5 Å². The van der Waals surface area contributed by atoms with E-state index in [4.69, 9.17) is 4.74 Å². The second-order valence-corrected chi connectivity index (χ2v) is 4.38. The van der Waals surface area contributed by atoms with Crippen molar-refractivity contribution in [3.8, 4) is 11.5 Å². The van der Waals surface area contributed by atoms with Gasteiger partial charge in [-0.3, -0.25) is 4.79 Å². The van der Waals surface area contributed by atoms with Crippen molar-refractivity contribution in [3.63, 3.8) is 0 Å². The van der Waals surface area contributed by atoms with Gasteiger partial charge in [-0.05, 0) is 29.8 Å². The SMILES string of the molecule is COc1ccccc1/C=N\NC(=O)Cc1ccc(O)cc1.